The Bertz CT molecular complexity index is 133. The first-order valence-electron chi connectivity index (χ1n) is 3.12. The Morgan fingerprint density at radius 1 is 1.89 bits per heavy atom. The van der Waals surface area contributed by atoms with E-state index in [2.05, 4.69) is 6.58 Å². The molecule has 50 valence electrons. The number of carbonyl (C=O) groups is 1. The molecule has 1 aliphatic rings. The second-order valence-electron chi connectivity index (χ2n) is 2.24. The molecular formula is C7H10O2. The van der Waals surface area contributed by atoms with Gasteiger partial charge in [0.1, 0.15) is 6.10 Å². The van der Waals surface area contributed by atoms with Gasteiger partial charge < -0.3 is 4.74 Å². The molecule has 1 fully saturated rings. The van der Waals surface area contributed by atoms with Gasteiger partial charge >= 0.3 is 5.97 Å². The summed E-state index contributed by atoms with van der Waals surface area (Å²) in [5, 5.41) is 0. The molecular weight excluding hydrogens is 116 g/mol. The van der Waals surface area contributed by atoms with Crippen molar-refractivity contribution in [3.8, 4) is 0 Å². The van der Waals surface area contributed by atoms with Crippen LogP contribution in [0.2, 0.25) is 0 Å². The van der Waals surface area contributed by atoms with Gasteiger partial charge in [-0.15, -0.1) is 0 Å². The Morgan fingerprint density at radius 3 is 2.78 bits per heavy atom. The first-order valence-corrected chi connectivity index (χ1v) is 3.12. The molecule has 2 heteroatoms. The lowest BCUT2D eigenvalue weighted by molar-refractivity contribution is -0.138. The zero-order valence-corrected chi connectivity index (χ0v) is 5.52. The summed E-state index contributed by atoms with van der Waals surface area (Å²) < 4.78 is 4.88. The molecule has 0 unspecified atom stereocenters. The van der Waals surface area contributed by atoms with Crippen molar-refractivity contribution in [3.63, 3.8) is 0 Å². The van der Waals surface area contributed by atoms with Crippen molar-refractivity contribution in [2.75, 3.05) is 0 Å². The molecule has 1 atom stereocenters. The van der Waals surface area contributed by atoms with Gasteiger partial charge in [0.05, 0.1) is 0 Å². The van der Waals surface area contributed by atoms with E-state index >= 15 is 0 Å². The fourth-order valence-corrected chi connectivity index (χ4v) is 0.862. The minimum atomic E-state index is -0.221. The van der Waals surface area contributed by atoms with Crippen LogP contribution < -0.4 is 0 Å². The van der Waals surface area contributed by atoms with Crippen LogP contribution in [-0.4, -0.2) is 12.1 Å². The smallest absolute Gasteiger partial charge is 0.333 e. The van der Waals surface area contributed by atoms with Crippen LogP contribution in [0.25, 0.3) is 0 Å². The topological polar surface area (TPSA) is 26.3 Å². The largest absolute Gasteiger partial charge is 0.459 e. The predicted molar refractivity (Wildman–Crippen MR) is 33.9 cm³/mol. The van der Waals surface area contributed by atoms with Crippen molar-refractivity contribution < 1.29 is 9.53 Å². The van der Waals surface area contributed by atoms with E-state index in [4.69, 9.17) is 4.74 Å². The maximum absolute atomic E-state index is 10.6. The molecule has 0 radical (unpaired) electrons. The van der Waals surface area contributed by atoms with Crippen molar-refractivity contribution in [2.45, 2.75) is 25.9 Å². The second-order valence-corrected chi connectivity index (χ2v) is 2.24. The van der Waals surface area contributed by atoms with Gasteiger partial charge in [0.15, 0.2) is 0 Å². The van der Waals surface area contributed by atoms with E-state index in [1.165, 1.54) is 0 Å². The molecule has 0 aromatic carbocycles. The van der Waals surface area contributed by atoms with Crippen molar-refractivity contribution in [1.82, 2.24) is 0 Å². The standard InChI is InChI=1S/C7H10O2/c1-3-6-4-5(2)7(8)9-6/h6H,2-4H2,1H3/t6-/m0/s1. The van der Waals surface area contributed by atoms with Crippen molar-refractivity contribution in [1.29, 1.82) is 0 Å². The number of hydrogen-bond donors (Lipinski definition) is 0. The molecule has 0 aliphatic carbocycles. The Hall–Kier alpha value is -0.790. The monoisotopic (exact) mass is 126 g/mol. The third-order valence-electron chi connectivity index (χ3n) is 1.49. The van der Waals surface area contributed by atoms with Gasteiger partial charge in [-0.1, -0.05) is 13.5 Å². The van der Waals surface area contributed by atoms with E-state index in [9.17, 15) is 4.79 Å². The first kappa shape index (κ1) is 6.33. The van der Waals surface area contributed by atoms with Gasteiger partial charge in [0.2, 0.25) is 0 Å². The van der Waals surface area contributed by atoms with Crippen molar-refractivity contribution >= 4 is 5.97 Å². The van der Waals surface area contributed by atoms with Crippen molar-refractivity contribution in [3.05, 3.63) is 12.2 Å². The summed E-state index contributed by atoms with van der Waals surface area (Å²) in [6.07, 6.45) is 1.71. The van der Waals surface area contributed by atoms with Crippen LogP contribution in [0.4, 0.5) is 0 Å². The number of rotatable bonds is 1. The summed E-state index contributed by atoms with van der Waals surface area (Å²) in [6.45, 7) is 5.56. The summed E-state index contributed by atoms with van der Waals surface area (Å²) >= 11 is 0. The summed E-state index contributed by atoms with van der Waals surface area (Å²) in [6, 6.07) is 0. The normalized spacial score (nSPS) is 26.6. The molecule has 0 N–H and O–H groups in total. The van der Waals surface area contributed by atoms with Crippen LogP contribution in [0.3, 0.4) is 0 Å². The molecule has 9 heavy (non-hydrogen) atoms. The maximum Gasteiger partial charge on any atom is 0.333 e. The molecule has 1 heterocycles. The average molecular weight is 126 g/mol. The third-order valence-corrected chi connectivity index (χ3v) is 1.49. The molecule has 0 saturated carbocycles. The van der Waals surface area contributed by atoms with Gasteiger partial charge in [0, 0.05) is 12.0 Å². The third kappa shape index (κ3) is 1.12. The summed E-state index contributed by atoms with van der Waals surface area (Å²) in [4.78, 5) is 10.6. The molecule has 1 rings (SSSR count). The fourth-order valence-electron chi connectivity index (χ4n) is 0.862. The van der Waals surface area contributed by atoms with Gasteiger partial charge in [0.25, 0.3) is 0 Å². The molecule has 0 amide bonds. The molecule has 1 saturated heterocycles. The maximum atomic E-state index is 10.6. The van der Waals surface area contributed by atoms with Crippen LogP contribution >= 0.6 is 0 Å². The highest BCUT2D eigenvalue weighted by molar-refractivity contribution is 5.89. The van der Waals surface area contributed by atoms with E-state index in [1.54, 1.807) is 0 Å². The van der Waals surface area contributed by atoms with E-state index in [0.717, 1.165) is 12.8 Å². The zero-order valence-electron chi connectivity index (χ0n) is 5.52. The second kappa shape index (κ2) is 2.21. The molecule has 0 aromatic rings. The number of cyclic esters (lactones) is 1. The van der Waals surface area contributed by atoms with Gasteiger partial charge in [-0.05, 0) is 6.42 Å². The minimum absolute atomic E-state index is 0.102. The molecule has 1 aliphatic heterocycles. The summed E-state index contributed by atoms with van der Waals surface area (Å²) in [7, 11) is 0. The highest BCUT2D eigenvalue weighted by Gasteiger charge is 2.25. The zero-order chi connectivity index (χ0) is 6.85. The Labute approximate surface area is 54.5 Å². The van der Waals surface area contributed by atoms with E-state index in [1.807, 2.05) is 6.92 Å². The Kier molecular flexibility index (Phi) is 1.56. The van der Waals surface area contributed by atoms with Crippen LogP contribution in [0, 0.1) is 0 Å². The van der Waals surface area contributed by atoms with E-state index < -0.39 is 0 Å². The highest BCUT2D eigenvalue weighted by Crippen LogP contribution is 2.20. The van der Waals surface area contributed by atoms with Gasteiger partial charge in [-0.3, -0.25) is 0 Å². The average Bonchev–Trinajstić information content (AvgIpc) is 2.13. The number of ether oxygens (including phenoxy) is 1. The summed E-state index contributed by atoms with van der Waals surface area (Å²) in [5.41, 5.74) is 0.613. The Balaban J connectivity index is 2.54. The number of hydrogen-bond acceptors (Lipinski definition) is 2. The molecule has 2 nitrogen and oxygen atoms in total. The SMILES string of the molecule is C=C1C[C@H](CC)OC1=O. The lowest BCUT2D eigenvalue weighted by Gasteiger charge is -2.01. The predicted octanol–water partition coefficient (Wildman–Crippen LogP) is 1.27. The van der Waals surface area contributed by atoms with E-state index in [-0.39, 0.29) is 12.1 Å². The minimum Gasteiger partial charge on any atom is -0.459 e. The van der Waals surface area contributed by atoms with Gasteiger partial charge in [-0.25, -0.2) is 4.79 Å². The Morgan fingerprint density at radius 2 is 2.56 bits per heavy atom. The first-order chi connectivity index (χ1) is 4.24. The van der Waals surface area contributed by atoms with Crippen LogP contribution in [0.1, 0.15) is 19.8 Å². The van der Waals surface area contributed by atoms with E-state index in [0.29, 0.717) is 5.57 Å². The quantitative estimate of drug-likeness (QED) is 0.390. The lowest BCUT2D eigenvalue weighted by atomic mass is 10.1. The molecule has 0 aromatic heterocycles. The van der Waals surface area contributed by atoms with Crippen LogP contribution in [0.15, 0.2) is 12.2 Å². The number of carbonyl (C=O) groups excluding carboxylic acids is 1. The van der Waals surface area contributed by atoms with Gasteiger partial charge in [-0.2, -0.15) is 0 Å². The number of esters is 1. The summed E-state index contributed by atoms with van der Waals surface area (Å²) in [5.74, 6) is -0.221. The van der Waals surface area contributed by atoms with Crippen molar-refractivity contribution in [2.24, 2.45) is 0 Å². The molecule has 0 bridgehead atoms. The van der Waals surface area contributed by atoms with Crippen LogP contribution in [0.5, 0.6) is 0 Å². The molecule has 0 spiro atoms. The lowest BCUT2D eigenvalue weighted by Crippen LogP contribution is -2.03. The van der Waals surface area contributed by atoms with Crippen LogP contribution in [-0.2, 0) is 9.53 Å². The highest BCUT2D eigenvalue weighted by atomic mass is 16.5. The fraction of sp³-hybridized carbons (Fsp3) is 0.571.